The molecule has 1 fully saturated rings. The molecule has 1 N–H and O–H groups in total. The molecule has 1 aromatic rings. The Kier molecular flexibility index (Phi) is 4.76. The molecule has 0 spiro atoms. The van der Waals surface area contributed by atoms with Gasteiger partial charge in [0.15, 0.2) is 0 Å². The Hall–Kier alpha value is -1.13. The first-order valence-electron chi connectivity index (χ1n) is 6.03. The lowest BCUT2D eigenvalue weighted by atomic mass is 10.2. The van der Waals surface area contributed by atoms with Crippen LogP contribution in [0.1, 0.15) is 12.8 Å². The van der Waals surface area contributed by atoms with Gasteiger partial charge in [0.2, 0.25) is 0 Å². The molecule has 1 aromatic carbocycles. The predicted octanol–water partition coefficient (Wildman–Crippen LogP) is 2.43. The van der Waals surface area contributed by atoms with Crippen molar-refractivity contribution >= 4 is 5.69 Å². The summed E-state index contributed by atoms with van der Waals surface area (Å²) in [6.45, 7) is 3.01. The fourth-order valence-corrected chi connectivity index (χ4v) is 1.83. The number of rotatable bonds is 5. The highest BCUT2D eigenvalue weighted by molar-refractivity contribution is 5.42. The zero-order chi connectivity index (χ0) is 11.9. The molecule has 0 atom stereocenters. The predicted molar refractivity (Wildman–Crippen MR) is 64.7 cm³/mol. The van der Waals surface area contributed by atoms with E-state index in [2.05, 4.69) is 5.32 Å². The minimum absolute atomic E-state index is 0.214. The lowest BCUT2D eigenvalue weighted by Gasteiger charge is -2.22. The molecular weight excluding hydrogens is 221 g/mol. The lowest BCUT2D eigenvalue weighted by Crippen LogP contribution is -2.25. The van der Waals surface area contributed by atoms with Crippen LogP contribution in [-0.2, 0) is 9.47 Å². The molecule has 1 aliphatic heterocycles. The van der Waals surface area contributed by atoms with Gasteiger partial charge in [-0.3, -0.25) is 0 Å². The Morgan fingerprint density at radius 2 is 1.94 bits per heavy atom. The average Bonchev–Trinajstić information content (AvgIpc) is 2.38. The van der Waals surface area contributed by atoms with Crippen molar-refractivity contribution in [1.82, 2.24) is 0 Å². The molecule has 0 unspecified atom stereocenters. The standard InChI is InChI=1S/C13H18FNO2/c14-11-1-3-12(4-2-11)15-7-10-17-13-5-8-16-9-6-13/h1-4,13,15H,5-10H2. The van der Waals surface area contributed by atoms with Crippen LogP contribution < -0.4 is 5.32 Å². The summed E-state index contributed by atoms with van der Waals surface area (Å²) in [6, 6.07) is 6.34. The van der Waals surface area contributed by atoms with Crippen molar-refractivity contribution in [3.63, 3.8) is 0 Å². The molecule has 0 aromatic heterocycles. The van der Waals surface area contributed by atoms with Crippen molar-refractivity contribution in [2.24, 2.45) is 0 Å². The number of ether oxygens (including phenoxy) is 2. The molecule has 1 saturated heterocycles. The summed E-state index contributed by atoms with van der Waals surface area (Å²) in [5, 5.41) is 3.19. The van der Waals surface area contributed by atoms with Crippen LogP contribution in [0.5, 0.6) is 0 Å². The zero-order valence-electron chi connectivity index (χ0n) is 9.82. The molecule has 0 aliphatic carbocycles. The van der Waals surface area contributed by atoms with Crippen LogP contribution >= 0.6 is 0 Å². The van der Waals surface area contributed by atoms with Gasteiger partial charge in [0.05, 0.1) is 12.7 Å². The van der Waals surface area contributed by atoms with Crippen molar-refractivity contribution < 1.29 is 13.9 Å². The molecule has 4 heteroatoms. The van der Waals surface area contributed by atoms with Gasteiger partial charge < -0.3 is 14.8 Å². The van der Waals surface area contributed by atoms with E-state index in [4.69, 9.17) is 9.47 Å². The second kappa shape index (κ2) is 6.57. The number of hydrogen-bond acceptors (Lipinski definition) is 3. The van der Waals surface area contributed by atoms with E-state index in [1.165, 1.54) is 12.1 Å². The fourth-order valence-electron chi connectivity index (χ4n) is 1.83. The molecular formula is C13H18FNO2. The summed E-state index contributed by atoms with van der Waals surface area (Å²) in [6.07, 6.45) is 2.30. The average molecular weight is 239 g/mol. The van der Waals surface area contributed by atoms with Gasteiger partial charge in [0.25, 0.3) is 0 Å². The quantitative estimate of drug-likeness (QED) is 0.800. The number of halogens is 1. The van der Waals surface area contributed by atoms with Crippen molar-refractivity contribution in [2.75, 3.05) is 31.7 Å². The van der Waals surface area contributed by atoms with Crippen molar-refractivity contribution in [3.05, 3.63) is 30.1 Å². The first-order valence-corrected chi connectivity index (χ1v) is 6.03. The summed E-state index contributed by atoms with van der Waals surface area (Å²) < 4.78 is 23.6. The molecule has 0 radical (unpaired) electrons. The van der Waals surface area contributed by atoms with E-state index in [1.807, 2.05) is 0 Å². The van der Waals surface area contributed by atoms with E-state index in [-0.39, 0.29) is 5.82 Å². The topological polar surface area (TPSA) is 30.5 Å². The lowest BCUT2D eigenvalue weighted by molar-refractivity contribution is -0.0283. The summed E-state index contributed by atoms with van der Waals surface area (Å²) in [4.78, 5) is 0. The van der Waals surface area contributed by atoms with Gasteiger partial charge in [-0.15, -0.1) is 0 Å². The molecule has 3 nitrogen and oxygen atoms in total. The maximum absolute atomic E-state index is 12.7. The van der Waals surface area contributed by atoms with E-state index in [0.717, 1.165) is 38.3 Å². The second-order valence-corrected chi connectivity index (χ2v) is 4.12. The van der Waals surface area contributed by atoms with Gasteiger partial charge in [-0.25, -0.2) is 4.39 Å². The number of benzene rings is 1. The second-order valence-electron chi connectivity index (χ2n) is 4.12. The van der Waals surface area contributed by atoms with Crippen molar-refractivity contribution in [1.29, 1.82) is 0 Å². The molecule has 94 valence electrons. The van der Waals surface area contributed by atoms with E-state index in [9.17, 15) is 4.39 Å². The third-order valence-corrected chi connectivity index (χ3v) is 2.80. The highest BCUT2D eigenvalue weighted by Gasteiger charge is 2.13. The van der Waals surface area contributed by atoms with Gasteiger partial charge >= 0.3 is 0 Å². The van der Waals surface area contributed by atoms with Crippen LogP contribution in [0.15, 0.2) is 24.3 Å². The summed E-state index contributed by atoms with van der Waals surface area (Å²) in [5.41, 5.74) is 0.918. The van der Waals surface area contributed by atoms with Crippen molar-refractivity contribution in [2.45, 2.75) is 18.9 Å². The summed E-state index contributed by atoms with van der Waals surface area (Å²) in [7, 11) is 0. The Morgan fingerprint density at radius 3 is 2.65 bits per heavy atom. The Morgan fingerprint density at radius 1 is 1.24 bits per heavy atom. The van der Waals surface area contributed by atoms with Crippen LogP contribution in [0.25, 0.3) is 0 Å². The SMILES string of the molecule is Fc1ccc(NCCOC2CCOCC2)cc1. The first-order chi connectivity index (χ1) is 8.34. The van der Waals surface area contributed by atoms with Crippen LogP contribution in [0.2, 0.25) is 0 Å². The zero-order valence-corrected chi connectivity index (χ0v) is 9.82. The number of hydrogen-bond donors (Lipinski definition) is 1. The molecule has 0 saturated carbocycles. The molecule has 17 heavy (non-hydrogen) atoms. The van der Waals surface area contributed by atoms with E-state index >= 15 is 0 Å². The highest BCUT2D eigenvalue weighted by atomic mass is 19.1. The maximum Gasteiger partial charge on any atom is 0.123 e. The normalized spacial score (nSPS) is 17.0. The molecule has 2 rings (SSSR count). The monoisotopic (exact) mass is 239 g/mol. The molecule has 1 aliphatic rings. The van der Waals surface area contributed by atoms with Gasteiger partial charge in [-0.2, -0.15) is 0 Å². The van der Waals surface area contributed by atoms with Crippen LogP contribution in [0.3, 0.4) is 0 Å². The number of anilines is 1. The van der Waals surface area contributed by atoms with Gasteiger partial charge in [0, 0.05) is 25.4 Å². The minimum atomic E-state index is -0.214. The fraction of sp³-hybridized carbons (Fsp3) is 0.538. The Balaban J connectivity index is 1.60. The number of nitrogens with one attached hydrogen (secondary N) is 1. The van der Waals surface area contributed by atoms with Crippen molar-refractivity contribution in [3.8, 4) is 0 Å². The van der Waals surface area contributed by atoms with E-state index in [1.54, 1.807) is 12.1 Å². The van der Waals surface area contributed by atoms with Gasteiger partial charge in [-0.1, -0.05) is 0 Å². The van der Waals surface area contributed by atoms with Gasteiger partial charge in [-0.05, 0) is 37.1 Å². The highest BCUT2D eigenvalue weighted by Crippen LogP contribution is 2.11. The van der Waals surface area contributed by atoms with Crippen LogP contribution in [0.4, 0.5) is 10.1 Å². The third-order valence-electron chi connectivity index (χ3n) is 2.80. The van der Waals surface area contributed by atoms with Crippen LogP contribution in [0, 0.1) is 5.82 Å². The third kappa shape index (κ3) is 4.32. The van der Waals surface area contributed by atoms with Gasteiger partial charge in [0.1, 0.15) is 5.82 Å². The molecule has 1 heterocycles. The largest absolute Gasteiger partial charge is 0.383 e. The first kappa shape index (κ1) is 12.3. The van der Waals surface area contributed by atoms with Crippen LogP contribution in [-0.4, -0.2) is 32.5 Å². The maximum atomic E-state index is 12.7. The van der Waals surface area contributed by atoms with E-state index in [0.29, 0.717) is 12.7 Å². The van der Waals surface area contributed by atoms with E-state index < -0.39 is 0 Å². The molecule has 0 bridgehead atoms. The Bertz CT molecular complexity index is 323. The minimum Gasteiger partial charge on any atom is -0.383 e. The Labute approximate surface area is 101 Å². The summed E-state index contributed by atoms with van der Waals surface area (Å²) in [5.74, 6) is -0.214. The summed E-state index contributed by atoms with van der Waals surface area (Å²) >= 11 is 0. The smallest absolute Gasteiger partial charge is 0.123 e. The molecule has 0 amide bonds.